The molecule has 2 aliphatic heterocycles. The van der Waals surface area contributed by atoms with Crippen molar-refractivity contribution < 1.29 is 9.59 Å². The lowest BCUT2D eigenvalue weighted by molar-refractivity contribution is -0.135. The summed E-state index contributed by atoms with van der Waals surface area (Å²) in [6, 6.07) is 5.76. The highest BCUT2D eigenvalue weighted by atomic mass is 16.2. The molecule has 3 heterocycles. The smallest absolute Gasteiger partial charge is 0.329 e. The molecule has 2 fully saturated rings. The molecular weight excluding hydrogens is 396 g/mol. The van der Waals surface area contributed by atoms with Gasteiger partial charge >= 0.3 is 5.69 Å². The number of rotatable bonds is 6. The summed E-state index contributed by atoms with van der Waals surface area (Å²) in [4.78, 5) is 41.9. The quantitative estimate of drug-likeness (QED) is 0.652. The molecular formula is C22H32N6O3. The van der Waals surface area contributed by atoms with Crippen LogP contribution in [0.15, 0.2) is 23.0 Å². The number of nitrogens with zero attached hydrogens (tertiary/aromatic N) is 4. The summed E-state index contributed by atoms with van der Waals surface area (Å²) in [6.07, 6.45) is 3.70. The number of benzene rings is 1. The Hall–Kier alpha value is -2.65. The zero-order chi connectivity index (χ0) is 22.1. The summed E-state index contributed by atoms with van der Waals surface area (Å²) in [5.74, 6) is -0.688. The molecule has 2 saturated heterocycles. The van der Waals surface area contributed by atoms with Crippen LogP contribution in [0.4, 0.5) is 5.69 Å². The Balaban J connectivity index is 1.62. The number of hydrogen-bond acceptors (Lipinski definition) is 6. The molecule has 1 aromatic carbocycles. The SMILES string of the molecule is CN(CCCN)C1CCN(c2cccc3c2n(C)c(=O)n3C2CCC(=O)NC2=O)CC1. The molecule has 1 aromatic heterocycles. The predicted molar refractivity (Wildman–Crippen MR) is 120 cm³/mol. The number of piperidine rings is 2. The van der Waals surface area contributed by atoms with Crippen LogP contribution in [0.3, 0.4) is 0 Å². The maximum Gasteiger partial charge on any atom is 0.329 e. The average Bonchev–Trinajstić information content (AvgIpc) is 3.03. The van der Waals surface area contributed by atoms with E-state index in [1.807, 2.05) is 12.1 Å². The molecule has 0 aliphatic carbocycles. The monoisotopic (exact) mass is 428 g/mol. The number of nitrogens with two attached hydrogens (primary N) is 1. The maximum atomic E-state index is 13.1. The van der Waals surface area contributed by atoms with E-state index in [-0.39, 0.29) is 18.0 Å². The fourth-order valence-electron chi connectivity index (χ4n) is 4.97. The predicted octanol–water partition coefficient (Wildman–Crippen LogP) is 0.567. The number of imide groups is 1. The molecule has 9 heteroatoms. The first-order valence-corrected chi connectivity index (χ1v) is 11.1. The minimum Gasteiger partial charge on any atom is -0.370 e. The molecule has 0 spiro atoms. The first kappa shape index (κ1) is 21.6. The molecule has 1 atom stereocenters. The van der Waals surface area contributed by atoms with Crippen LogP contribution in [-0.4, -0.2) is 65.1 Å². The molecule has 2 amide bonds. The van der Waals surface area contributed by atoms with Gasteiger partial charge in [0, 0.05) is 32.6 Å². The van der Waals surface area contributed by atoms with Gasteiger partial charge in [-0.1, -0.05) is 6.07 Å². The number of carbonyl (C=O) groups excluding carboxylic acids is 2. The highest BCUT2D eigenvalue weighted by Crippen LogP contribution is 2.31. The van der Waals surface area contributed by atoms with E-state index >= 15 is 0 Å². The first-order chi connectivity index (χ1) is 14.9. The average molecular weight is 429 g/mol. The number of fused-ring (bicyclic) bond motifs is 1. The van der Waals surface area contributed by atoms with Crippen LogP contribution in [0.2, 0.25) is 0 Å². The lowest BCUT2D eigenvalue weighted by Gasteiger charge is -2.38. The Morgan fingerprint density at radius 1 is 1.16 bits per heavy atom. The number of imidazole rings is 1. The van der Waals surface area contributed by atoms with Gasteiger partial charge in [0.2, 0.25) is 11.8 Å². The van der Waals surface area contributed by atoms with Crippen molar-refractivity contribution >= 4 is 28.5 Å². The van der Waals surface area contributed by atoms with Gasteiger partial charge in [-0.05, 0) is 58.0 Å². The molecule has 4 rings (SSSR count). The zero-order valence-corrected chi connectivity index (χ0v) is 18.3. The third kappa shape index (κ3) is 3.99. The van der Waals surface area contributed by atoms with Crippen LogP contribution in [0.5, 0.6) is 0 Å². The molecule has 0 bridgehead atoms. The van der Waals surface area contributed by atoms with Gasteiger partial charge in [0.15, 0.2) is 0 Å². The third-order valence-corrected chi connectivity index (χ3v) is 6.75. The summed E-state index contributed by atoms with van der Waals surface area (Å²) >= 11 is 0. The highest BCUT2D eigenvalue weighted by molar-refractivity contribution is 6.00. The highest BCUT2D eigenvalue weighted by Gasteiger charge is 2.32. The molecule has 1 unspecified atom stereocenters. The van der Waals surface area contributed by atoms with Crippen molar-refractivity contribution in [3.63, 3.8) is 0 Å². The lowest BCUT2D eigenvalue weighted by atomic mass is 10.0. The molecule has 2 aliphatic rings. The first-order valence-electron chi connectivity index (χ1n) is 11.1. The van der Waals surface area contributed by atoms with E-state index < -0.39 is 11.9 Å². The number of anilines is 1. The fourth-order valence-corrected chi connectivity index (χ4v) is 4.97. The zero-order valence-electron chi connectivity index (χ0n) is 18.3. The second kappa shape index (κ2) is 8.84. The van der Waals surface area contributed by atoms with Gasteiger partial charge in [-0.25, -0.2) is 4.79 Å². The Labute approximate surface area is 181 Å². The molecule has 168 valence electrons. The van der Waals surface area contributed by atoms with Gasteiger partial charge in [0.25, 0.3) is 0 Å². The van der Waals surface area contributed by atoms with Crippen LogP contribution >= 0.6 is 0 Å². The molecule has 0 saturated carbocycles. The minimum atomic E-state index is -0.661. The van der Waals surface area contributed by atoms with Gasteiger partial charge in [0.1, 0.15) is 6.04 Å². The minimum absolute atomic E-state index is 0.228. The lowest BCUT2D eigenvalue weighted by Crippen LogP contribution is -2.44. The number of hydrogen-bond donors (Lipinski definition) is 2. The molecule has 3 N–H and O–H groups in total. The van der Waals surface area contributed by atoms with Crippen molar-refractivity contribution in [1.82, 2.24) is 19.4 Å². The van der Waals surface area contributed by atoms with Gasteiger partial charge in [-0.3, -0.25) is 24.0 Å². The number of aromatic nitrogens is 2. The topological polar surface area (TPSA) is 106 Å². The maximum absolute atomic E-state index is 13.1. The van der Waals surface area contributed by atoms with Gasteiger partial charge in [-0.15, -0.1) is 0 Å². The normalized spacial score (nSPS) is 20.6. The number of carbonyl (C=O) groups is 2. The summed E-state index contributed by atoms with van der Waals surface area (Å²) in [5.41, 5.74) is 8.02. The van der Waals surface area contributed by atoms with E-state index in [1.54, 1.807) is 16.2 Å². The largest absolute Gasteiger partial charge is 0.370 e. The van der Waals surface area contributed by atoms with Gasteiger partial charge < -0.3 is 15.5 Å². The molecule has 0 radical (unpaired) electrons. The van der Waals surface area contributed by atoms with E-state index in [9.17, 15) is 14.4 Å². The summed E-state index contributed by atoms with van der Waals surface area (Å²) in [5, 5.41) is 2.37. The number of para-hydroxylation sites is 1. The van der Waals surface area contributed by atoms with Crippen molar-refractivity contribution in [2.75, 3.05) is 38.1 Å². The number of nitrogens with one attached hydrogen (secondary N) is 1. The Kier molecular flexibility index (Phi) is 6.15. The van der Waals surface area contributed by atoms with Crippen molar-refractivity contribution in [1.29, 1.82) is 0 Å². The van der Waals surface area contributed by atoms with E-state index in [1.165, 1.54) is 0 Å². The second-order valence-corrected chi connectivity index (χ2v) is 8.66. The standard InChI is InChI=1S/C22H32N6O3/c1-25(12-4-11-23)15-9-13-27(14-10-15)16-5-3-6-17-20(16)26(2)22(31)28(17)18-7-8-19(29)24-21(18)30/h3,5-6,15,18H,4,7-14,23H2,1-2H3,(H,24,29,30). The Morgan fingerprint density at radius 2 is 1.90 bits per heavy atom. The van der Waals surface area contributed by atoms with Crippen LogP contribution in [0.25, 0.3) is 11.0 Å². The van der Waals surface area contributed by atoms with E-state index in [2.05, 4.69) is 28.2 Å². The number of amides is 2. The molecule has 2 aromatic rings. The van der Waals surface area contributed by atoms with Gasteiger partial charge in [-0.2, -0.15) is 0 Å². The number of aryl methyl sites for hydroxylation is 1. The van der Waals surface area contributed by atoms with Crippen LogP contribution in [0, 0.1) is 0 Å². The van der Waals surface area contributed by atoms with Gasteiger partial charge in [0.05, 0.1) is 16.7 Å². The summed E-state index contributed by atoms with van der Waals surface area (Å²) < 4.78 is 3.18. The van der Waals surface area contributed by atoms with Crippen molar-refractivity contribution in [3.8, 4) is 0 Å². The van der Waals surface area contributed by atoms with Crippen molar-refractivity contribution in [3.05, 3.63) is 28.7 Å². The molecule has 9 nitrogen and oxygen atoms in total. The van der Waals surface area contributed by atoms with Crippen molar-refractivity contribution in [2.24, 2.45) is 12.8 Å². The van der Waals surface area contributed by atoms with Crippen molar-refractivity contribution in [2.45, 2.75) is 44.2 Å². The molecule has 31 heavy (non-hydrogen) atoms. The van der Waals surface area contributed by atoms with E-state index in [0.29, 0.717) is 19.0 Å². The Morgan fingerprint density at radius 3 is 2.58 bits per heavy atom. The summed E-state index contributed by atoms with van der Waals surface area (Å²) in [6.45, 7) is 3.55. The fraction of sp³-hybridized carbons (Fsp3) is 0.591. The van der Waals surface area contributed by atoms with E-state index in [4.69, 9.17) is 5.73 Å². The van der Waals surface area contributed by atoms with Crippen LogP contribution in [-0.2, 0) is 16.6 Å². The summed E-state index contributed by atoms with van der Waals surface area (Å²) in [7, 11) is 3.92. The Bertz CT molecular complexity index is 1030. The van der Waals surface area contributed by atoms with E-state index in [0.717, 1.165) is 55.6 Å². The second-order valence-electron chi connectivity index (χ2n) is 8.66. The van der Waals surface area contributed by atoms with Crippen LogP contribution < -0.4 is 21.6 Å². The van der Waals surface area contributed by atoms with Crippen LogP contribution in [0.1, 0.15) is 38.1 Å². The third-order valence-electron chi connectivity index (χ3n) is 6.75.